The summed E-state index contributed by atoms with van der Waals surface area (Å²) >= 11 is 0. The van der Waals surface area contributed by atoms with E-state index in [1.807, 2.05) is 32.0 Å². The number of hydrogen-bond acceptors (Lipinski definition) is 4. The van der Waals surface area contributed by atoms with Gasteiger partial charge in [0.05, 0.1) is 13.2 Å². The Balaban J connectivity index is 1.84. The third kappa shape index (κ3) is 4.50. The highest BCUT2D eigenvalue weighted by Gasteiger charge is 2.36. The first-order valence-corrected chi connectivity index (χ1v) is 10.7. The quantitative estimate of drug-likeness (QED) is 0.529. The molecular formula is C24H31N3O4. The van der Waals surface area contributed by atoms with Gasteiger partial charge < -0.3 is 19.5 Å². The van der Waals surface area contributed by atoms with Crippen molar-refractivity contribution in [2.75, 3.05) is 18.5 Å². The minimum absolute atomic E-state index is 0.0324. The van der Waals surface area contributed by atoms with Crippen molar-refractivity contribution in [1.82, 2.24) is 9.47 Å². The number of rotatable bonds is 7. The largest absolute Gasteiger partial charge is 0.461 e. The zero-order valence-corrected chi connectivity index (χ0v) is 19.2. The summed E-state index contributed by atoms with van der Waals surface area (Å²) < 4.78 is 6.84. The van der Waals surface area contributed by atoms with E-state index in [9.17, 15) is 14.4 Å². The van der Waals surface area contributed by atoms with E-state index in [1.165, 1.54) is 0 Å². The number of benzene rings is 1. The highest BCUT2D eigenvalue weighted by Crippen LogP contribution is 2.30. The van der Waals surface area contributed by atoms with Crippen molar-refractivity contribution in [1.29, 1.82) is 0 Å². The van der Waals surface area contributed by atoms with Crippen molar-refractivity contribution in [3.63, 3.8) is 0 Å². The SMILES string of the molecule is CCOC(=O)c1c(C)c(C(=O)CN(C(=O)Nc2c(C)cccc2C)C2CC2)c(C)n1C. The molecule has 1 aromatic heterocycles. The van der Waals surface area contributed by atoms with Crippen LogP contribution in [0.4, 0.5) is 10.5 Å². The van der Waals surface area contributed by atoms with Crippen molar-refractivity contribution < 1.29 is 19.1 Å². The summed E-state index contributed by atoms with van der Waals surface area (Å²) in [6, 6.07) is 5.63. The van der Waals surface area contributed by atoms with E-state index in [-0.39, 0.29) is 31.0 Å². The molecule has 31 heavy (non-hydrogen) atoms. The average molecular weight is 426 g/mol. The van der Waals surface area contributed by atoms with Gasteiger partial charge in [0.1, 0.15) is 5.69 Å². The molecule has 0 atom stereocenters. The molecule has 1 fully saturated rings. The number of nitrogens with zero attached hydrogens (tertiary/aromatic N) is 2. The Morgan fingerprint density at radius 2 is 1.74 bits per heavy atom. The molecule has 2 amide bonds. The predicted octanol–water partition coefficient (Wildman–Crippen LogP) is 4.31. The van der Waals surface area contributed by atoms with E-state index in [4.69, 9.17) is 4.74 Å². The van der Waals surface area contributed by atoms with Crippen LogP contribution in [-0.4, -0.2) is 46.4 Å². The lowest BCUT2D eigenvalue weighted by molar-refractivity contribution is 0.0514. The molecule has 1 aliphatic rings. The molecule has 7 nitrogen and oxygen atoms in total. The number of ether oxygens (including phenoxy) is 1. The number of aromatic nitrogens is 1. The Hall–Kier alpha value is -3.09. The molecule has 1 aliphatic carbocycles. The number of ketones is 1. The van der Waals surface area contributed by atoms with Crippen LogP contribution in [0.3, 0.4) is 0 Å². The van der Waals surface area contributed by atoms with E-state index in [2.05, 4.69) is 5.32 Å². The van der Waals surface area contributed by atoms with Gasteiger partial charge >= 0.3 is 12.0 Å². The molecule has 0 bridgehead atoms. The summed E-state index contributed by atoms with van der Waals surface area (Å²) in [4.78, 5) is 40.3. The van der Waals surface area contributed by atoms with Crippen LogP contribution < -0.4 is 5.32 Å². The van der Waals surface area contributed by atoms with Gasteiger partial charge in [-0.15, -0.1) is 0 Å². The van der Waals surface area contributed by atoms with Gasteiger partial charge in [0.15, 0.2) is 5.78 Å². The van der Waals surface area contributed by atoms with Crippen molar-refractivity contribution in [3.05, 3.63) is 51.8 Å². The number of carbonyl (C=O) groups excluding carboxylic acids is 3. The van der Waals surface area contributed by atoms with Crippen LogP contribution in [0.1, 0.15) is 63.0 Å². The number of anilines is 1. The molecule has 1 N–H and O–H groups in total. The summed E-state index contributed by atoms with van der Waals surface area (Å²) in [5.74, 6) is -0.624. The topological polar surface area (TPSA) is 80.6 Å². The smallest absolute Gasteiger partial charge is 0.355 e. The van der Waals surface area contributed by atoms with E-state index in [1.54, 1.807) is 37.3 Å². The minimum Gasteiger partial charge on any atom is -0.461 e. The normalized spacial score (nSPS) is 13.1. The summed E-state index contributed by atoms with van der Waals surface area (Å²) in [6.45, 7) is 9.43. The van der Waals surface area contributed by atoms with Gasteiger partial charge in [-0.05, 0) is 64.2 Å². The first-order valence-electron chi connectivity index (χ1n) is 10.7. The van der Waals surface area contributed by atoms with Crippen LogP contribution >= 0.6 is 0 Å². The highest BCUT2D eigenvalue weighted by molar-refractivity contribution is 6.05. The molecule has 7 heteroatoms. The number of amides is 2. The lowest BCUT2D eigenvalue weighted by Crippen LogP contribution is -2.40. The molecule has 0 unspecified atom stereocenters. The molecule has 0 aliphatic heterocycles. The Morgan fingerprint density at radius 3 is 2.29 bits per heavy atom. The summed E-state index contributed by atoms with van der Waals surface area (Å²) in [5, 5.41) is 2.99. The van der Waals surface area contributed by atoms with Crippen molar-refractivity contribution in [2.45, 2.75) is 53.5 Å². The maximum Gasteiger partial charge on any atom is 0.355 e. The van der Waals surface area contributed by atoms with Gasteiger partial charge in [0.25, 0.3) is 0 Å². The fourth-order valence-corrected chi connectivity index (χ4v) is 4.05. The number of esters is 1. The molecule has 0 radical (unpaired) electrons. The van der Waals surface area contributed by atoms with Gasteiger partial charge in [-0.1, -0.05) is 18.2 Å². The number of aryl methyl sites for hydroxylation is 2. The van der Waals surface area contributed by atoms with Crippen LogP contribution in [0, 0.1) is 27.7 Å². The molecule has 166 valence electrons. The maximum atomic E-state index is 13.3. The molecular weight excluding hydrogens is 394 g/mol. The van der Waals surface area contributed by atoms with Crippen molar-refractivity contribution in [2.24, 2.45) is 7.05 Å². The lowest BCUT2D eigenvalue weighted by Gasteiger charge is -2.23. The Morgan fingerprint density at radius 1 is 1.13 bits per heavy atom. The highest BCUT2D eigenvalue weighted by atomic mass is 16.5. The number of carbonyl (C=O) groups is 3. The van der Waals surface area contributed by atoms with Gasteiger partial charge in [-0.25, -0.2) is 9.59 Å². The van der Waals surface area contributed by atoms with Crippen molar-refractivity contribution in [3.8, 4) is 0 Å². The Bertz CT molecular complexity index is 1010. The fraction of sp³-hybridized carbons (Fsp3) is 0.458. The molecule has 0 spiro atoms. The zero-order chi connectivity index (χ0) is 22.9. The van der Waals surface area contributed by atoms with E-state index < -0.39 is 5.97 Å². The van der Waals surface area contributed by atoms with Gasteiger partial charge in [-0.3, -0.25) is 4.79 Å². The third-order valence-electron chi connectivity index (χ3n) is 5.95. The monoisotopic (exact) mass is 425 g/mol. The number of hydrogen-bond donors (Lipinski definition) is 1. The van der Waals surface area contributed by atoms with E-state index in [0.717, 1.165) is 29.7 Å². The minimum atomic E-state index is -0.448. The molecule has 2 aromatic rings. The van der Waals surface area contributed by atoms with Gasteiger partial charge in [-0.2, -0.15) is 0 Å². The maximum absolute atomic E-state index is 13.3. The standard InChI is InChI=1S/C24H31N3O4/c1-7-31-23(29)22-16(4)20(17(5)26(22)6)19(28)13-27(18-11-12-18)24(30)25-21-14(2)9-8-10-15(21)3/h8-10,18H,7,11-13H2,1-6H3,(H,25,30). The van der Waals surface area contributed by atoms with Crippen LogP contribution in [-0.2, 0) is 11.8 Å². The second kappa shape index (κ2) is 8.96. The van der Waals surface area contributed by atoms with Crippen molar-refractivity contribution >= 4 is 23.5 Å². The molecule has 1 heterocycles. The number of Topliss-reactive ketones (excluding diaryl/α,β-unsaturated/α-hetero) is 1. The summed E-state index contributed by atoms with van der Waals surface area (Å²) in [6.07, 6.45) is 1.77. The number of nitrogens with one attached hydrogen (secondary N) is 1. The molecule has 1 aromatic carbocycles. The number of para-hydroxylation sites is 1. The van der Waals surface area contributed by atoms with Crippen LogP contribution in [0.5, 0.6) is 0 Å². The molecule has 1 saturated carbocycles. The van der Waals surface area contributed by atoms with E-state index in [0.29, 0.717) is 22.5 Å². The summed E-state index contributed by atoms with van der Waals surface area (Å²) in [7, 11) is 1.75. The van der Waals surface area contributed by atoms with Crippen LogP contribution in [0.2, 0.25) is 0 Å². The Kier molecular flexibility index (Phi) is 6.53. The summed E-state index contributed by atoms with van der Waals surface area (Å²) in [5.41, 5.74) is 4.87. The predicted molar refractivity (Wildman–Crippen MR) is 120 cm³/mol. The van der Waals surface area contributed by atoms with Gasteiger partial charge in [0, 0.05) is 30.0 Å². The number of urea groups is 1. The Labute approximate surface area is 183 Å². The lowest BCUT2D eigenvalue weighted by atomic mass is 10.1. The average Bonchev–Trinajstić information content (AvgIpc) is 3.51. The first-order chi connectivity index (χ1) is 14.7. The van der Waals surface area contributed by atoms with E-state index >= 15 is 0 Å². The fourth-order valence-electron chi connectivity index (χ4n) is 4.05. The van der Waals surface area contributed by atoms with Crippen LogP contribution in [0.25, 0.3) is 0 Å². The van der Waals surface area contributed by atoms with Crippen LogP contribution in [0.15, 0.2) is 18.2 Å². The zero-order valence-electron chi connectivity index (χ0n) is 19.2. The third-order valence-corrected chi connectivity index (χ3v) is 5.95. The second-order valence-electron chi connectivity index (χ2n) is 8.19. The molecule has 3 rings (SSSR count). The van der Waals surface area contributed by atoms with Gasteiger partial charge in [0.2, 0.25) is 0 Å². The second-order valence-corrected chi connectivity index (χ2v) is 8.19. The first kappa shape index (κ1) is 22.6. The molecule has 0 saturated heterocycles.